The Morgan fingerprint density at radius 1 is 1.16 bits per heavy atom. The molecule has 3 aromatic carbocycles. The summed E-state index contributed by atoms with van der Waals surface area (Å²) in [6, 6.07) is 15.5. The normalized spacial score (nSPS) is 17.1. The number of carbonyl (C=O) groups excluding carboxylic acids is 2. The van der Waals surface area contributed by atoms with Crippen LogP contribution in [0.3, 0.4) is 0 Å². The van der Waals surface area contributed by atoms with Crippen LogP contribution in [0.15, 0.2) is 64.8 Å². The van der Waals surface area contributed by atoms with E-state index in [0.717, 1.165) is 27.4 Å². The molecule has 0 spiro atoms. The van der Waals surface area contributed by atoms with E-state index in [1.54, 1.807) is 18.2 Å². The Balaban J connectivity index is 1.51. The number of amides is 2. The lowest BCUT2D eigenvalue weighted by Crippen LogP contribution is -2.32. The summed E-state index contributed by atoms with van der Waals surface area (Å²) < 4.78 is 0. The number of hydrogen-bond acceptors (Lipinski definition) is 6. The number of benzene rings is 3. The summed E-state index contributed by atoms with van der Waals surface area (Å²) in [6.07, 6.45) is 1.33. The quantitative estimate of drug-likeness (QED) is 0.243. The standard InChI is InChI=1S/C22H16Cl2N4O3S/c23-13-6-7-16(24)17(9-13)28-20(30)10-19(21(28)31)32-22(25)27-26-11-15-14-4-2-1-3-12(14)5-8-18(15)29/h1-9,11,19,29H,10H2,(H2,25,27)/b26-11-/t19-/m1/s1. The summed E-state index contributed by atoms with van der Waals surface area (Å²) in [7, 11) is 0. The van der Waals surface area contributed by atoms with Crippen molar-refractivity contribution in [1.82, 2.24) is 0 Å². The van der Waals surface area contributed by atoms with Crippen LogP contribution in [0, 0.1) is 0 Å². The molecule has 0 saturated carbocycles. The van der Waals surface area contributed by atoms with Gasteiger partial charge in [0, 0.05) is 17.0 Å². The van der Waals surface area contributed by atoms with Gasteiger partial charge in [0.25, 0.3) is 0 Å². The molecule has 1 heterocycles. The van der Waals surface area contributed by atoms with Gasteiger partial charge in [-0.05, 0) is 35.0 Å². The number of imide groups is 1. The third-order valence-electron chi connectivity index (χ3n) is 4.81. The van der Waals surface area contributed by atoms with Crippen molar-refractivity contribution in [2.75, 3.05) is 4.90 Å². The predicted molar refractivity (Wildman–Crippen MR) is 130 cm³/mol. The minimum absolute atomic E-state index is 0.00571. The van der Waals surface area contributed by atoms with Crippen molar-refractivity contribution in [3.05, 3.63) is 70.2 Å². The van der Waals surface area contributed by atoms with Gasteiger partial charge in [-0.2, -0.15) is 5.10 Å². The molecule has 0 radical (unpaired) electrons. The SMILES string of the molecule is NC(=N/N=C\c1c(O)ccc2ccccc12)S[C@@H]1CC(=O)N(c2cc(Cl)ccc2Cl)C1=O. The van der Waals surface area contributed by atoms with Crippen molar-refractivity contribution in [2.45, 2.75) is 11.7 Å². The van der Waals surface area contributed by atoms with E-state index in [4.69, 9.17) is 28.9 Å². The summed E-state index contributed by atoms with van der Waals surface area (Å²) in [5.74, 6) is -0.814. The largest absolute Gasteiger partial charge is 0.507 e. The number of halogens is 2. The van der Waals surface area contributed by atoms with Gasteiger partial charge in [-0.1, -0.05) is 65.3 Å². The molecule has 0 aromatic heterocycles. The number of thioether (sulfide) groups is 1. The first-order valence-corrected chi connectivity index (χ1v) is 11.0. The van der Waals surface area contributed by atoms with Gasteiger partial charge in [-0.3, -0.25) is 9.59 Å². The molecule has 3 N–H and O–H groups in total. The number of fused-ring (bicyclic) bond motifs is 1. The Labute approximate surface area is 197 Å². The third-order valence-corrected chi connectivity index (χ3v) is 6.34. The lowest BCUT2D eigenvalue weighted by molar-refractivity contribution is -0.121. The van der Waals surface area contributed by atoms with Crippen molar-refractivity contribution >= 4 is 74.6 Å². The van der Waals surface area contributed by atoms with Crippen LogP contribution in [0.4, 0.5) is 5.69 Å². The van der Waals surface area contributed by atoms with Gasteiger partial charge in [-0.25, -0.2) is 4.90 Å². The monoisotopic (exact) mass is 486 g/mol. The molecule has 32 heavy (non-hydrogen) atoms. The molecule has 1 fully saturated rings. The number of nitrogens with zero attached hydrogens (tertiary/aromatic N) is 3. The zero-order valence-corrected chi connectivity index (χ0v) is 18.7. The summed E-state index contributed by atoms with van der Waals surface area (Å²) in [6.45, 7) is 0. The van der Waals surface area contributed by atoms with Crippen LogP contribution >= 0.6 is 35.0 Å². The van der Waals surface area contributed by atoms with Crippen LogP contribution in [0.25, 0.3) is 10.8 Å². The molecular formula is C22H16Cl2N4O3S. The van der Waals surface area contributed by atoms with E-state index in [-0.39, 0.29) is 28.0 Å². The summed E-state index contributed by atoms with van der Waals surface area (Å²) in [5, 5.41) is 19.6. The molecule has 7 nitrogen and oxygen atoms in total. The van der Waals surface area contributed by atoms with Gasteiger partial charge in [0.15, 0.2) is 5.17 Å². The van der Waals surface area contributed by atoms with Gasteiger partial charge in [0.1, 0.15) is 11.0 Å². The fraction of sp³-hybridized carbons (Fsp3) is 0.0909. The fourth-order valence-electron chi connectivity index (χ4n) is 3.34. The number of amidine groups is 1. The van der Waals surface area contributed by atoms with E-state index in [2.05, 4.69) is 10.2 Å². The maximum atomic E-state index is 12.8. The van der Waals surface area contributed by atoms with Crippen LogP contribution in [-0.2, 0) is 9.59 Å². The molecule has 0 bridgehead atoms. The highest BCUT2D eigenvalue weighted by Gasteiger charge is 2.41. The molecule has 0 aliphatic carbocycles. The molecule has 3 aromatic rings. The predicted octanol–water partition coefficient (Wildman–Crippen LogP) is 4.57. The molecule has 2 amide bonds. The van der Waals surface area contributed by atoms with Gasteiger partial charge in [0.2, 0.25) is 11.8 Å². The summed E-state index contributed by atoms with van der Waals surface area (Å²) in [5.41, 5.74) is 6.65. The molecule has 10 heteroatoms. The molecule has 1 aliphatic heterocycles. The highest BCUT2D eigenvalue weighted by Crippen LogP contribution is 2.35. The number of nitrogens with two attached hydrogens (primary N) is 1. The van der Waals surface area contributed by atoms with Gasteiger partial charge in [-0.15, -0.1) is 5.10 Å². The number of phenols is 1. The number of carbonyl (C=O) groups is 2. The van der Waals surface area contributed by atoms with E-state index in [1.807, 2.05) is 24.3 Å². The van der Waals surface area contributed by atoms with E-state index in [1.165, 1.54) is 18.3 Å². The first-order valence-electron chi connectivity index (χ1n) is 9.41. The van der Waals surface area contributed by atoms with E-state index in [0.29, 0.717) is 10.6 Å². The Morgan fingerprint density at radius 3 is 2.75 bits per heavy atom. The highest BCUT2D eigenvalue weighted by molar-refractivity contribution is 8.14. The number of phenolic OH excluding ortho intramolecular Hbond substituents is 1. The van der Waals surface area contributed by atoms with E-state index >= 15 is 0 Å². The van der Waals surface area contributed by atoms with Crippen LogP contribution in [0.5, 0.6) is 5.75 Å². The van der Waals surface area contributed by atoms with Crippen molar-refractivity contribution in [1.29, 1.82) is 0 Å². The van der Waals surface area contributed by atoms with Crippen LogP contribution in [0.2, 0.25) is 10.0 Å². The first kappa shape index (κ1) is 22.1. The van der Waals surface area contributed by atoms with Crippen molar-refractivity contribution in [3.63, 3.8) is 0 Å². The molecule has 4 rings (SSSR count). The van der Waals surface area contributed by atoms with Gasteiger partial charge < -0.3 is 10.8 Å². The topological polar surface area (TPSA) is 108 Å². The molecular weight excluding hydrogens is 471 g/mol. The number of anilines is 1. The number of hydrogen-bond donors (Lipinski definition) is 2. The average molecular weight is 487 g/mol. The van der Waals surface area contributed by atoms with Crippen molar-refractivity contribution < 1.29 is 14.7 Å². The molecule has 1 saturated heterocycles. The summed E-state index contributed by atoms with van der Waals surface area (Å²) >= 11 is 13.1. The zero-order chi connectivity index (χ0) is 22.8. The zero-order valence-electron chi connectivity index (χ0n) is 16.4. The lowest BCUT2D eigenvalue weighted by atomic mass is 10.0. The van der Waals surface area contributed by atoms with E-state index < -0.39 is 17.1 Å². The first-order chi connectivity index (χ1) is 15.3. The Bertz CT molecular complexity index is 1300. The van der Waals surface area contributed by atoms with Crippen molar-refractivity contribution in [3.8, 4) is 5.75 Å². The van der Waals surface area contributed by atoms with Gasteiger partial charge >= 0.3 is 0 Å². The van der Waals surface area contributed by atoms with Crippen LogP contribution < -0.4 is 10.6 Å². The van der Waals surface area contributed by atoms with Crippen molar-refractivity contribution in [2.24, 2.45) is 15.9 Å². The minimum Gasteiger partial charge on any atom is -0.507 e. The number of rotatable bonds is 4. The lowest BCUT2D eigenvalue weighted by Gasteiger charge is -2.16. The van der Waals surface area contributed by atoms with Crippen LogP contribution in [-0.4, -0.2) is 33.6 Å². The second kappa shape index (κ2) is 9.20. The maximum Gasteiger partial charge on any atom is 0.247 e. The minimum atomic E-state index is -0.762. The fourth-order valence-corrected chi connectivity index (χ4v) is 4.53. The summed E-state index contributed by atoms with van der Waals surface area (Å²) in [4.78, 5) is 26.3. The second-order valence-corrected chi connectivity index (χ2v) is 8.94. The second-order valence-electron chi connectivity index (χ2n) is 6.88. The van der Waals surface area contributed by atoms with Gasteiger partial charge in [0.05, 0.1) is 16.9 Å². The molecule has 1 aliphatic rings. The van der Waals surface area contributed by atoms with Crippen LogP contribution in [0.1, 0.15) is 12.0 Å². The van der Waals surface area contributed by atoms with E-state index in [9.17, 15) is 14.7 Å². The molecule has 1 atom stereocenters. The smallest absolute Gasteiger partial charge is 0.247 e. The Hall–Kier alpha value is -3.07. The number of aromatic hydroxyl groups is 1. The Kier molecular flexibility index (Phi) is 6.36. The molecule has 0 unspecified atom stereocenters. The maximum absolute atomic E-state index is 12.8. The average Bonchev–Trinajstić information content (AvgIpc) is 3.04. The molecule has 162 valence electrons. The highest BCUT2D eigenvalue weighted by atomic mass is 35.5. The third kappa shape index (κ3) is 4.43. The Morgan fingerprint density at radius 2 is 1.94 bits per heavy atom.